The molecule has 0 aliphatic rings. The number of rotatable bonds is 6. The number of benzene rings is 2. The summed E-state index contributed by atoms with van der Waals surface area (Å²) in [5, 5.41) is 2.98. The molecule has 2 aromatic carbocycles. The van der Waals surface area contributed by atoms with Gasteiger partial charge in [-0.2, -0.15) is 13.2 Å². The van der Waals surface area contributed by atoms with Crippen molar-refractivity contribution in [2.24, 2.45) is 0 Å². The van der Waals surface area contributed by atoms with Gasteiger partial charge in [-0.25, -0.2) is 8.42 Å². The first-order valence-corrected chi connectivity index (χ1v) is 10.3. The van der Waals surface area contributed by atoms with E-state index in [-0.39, 0.29) is 12.2 Å². The molecule has 0 saturated heterocycles. The Labute approximate surface area is 166 Å². The summed E-state index contributed by atoms with van der Waals surface area (Å²) in [6, 6.07) is 9.30. The molecule has 0 radical (unpaired) electrons. The summed E-state index contributed by atoms with van der Waals surface area (Å²) in [6.45, 7) is 1.34. The summed E-state index contributed by atoms with van der Waals surface area (Å²) in [5.74, 6) is -0.678. The predicted molar refractivity (Wildman–Crippen MR) is 102 cm³/mol. The highest BCUT2D eigenvalue weighted by atomic mass is 35.5. The lowest BCUT2D eigenvalue weighted by molar-refractivity contribution is -0.137. The number of carbonyl (C=O) groups excluding carboxylic acids is 1. The Morgan fingerprint density at radius 1 is 1.18 bits per heavy atom. The van der Waals surface area contributed by atoms with Crippen molar-refractivity contribution in [2.75, 3.05) is 10.6 Å². The number of amides is 1. The zero-order chi connectivity index (χ0) is 21.1. The Bertz CT molecular complexity index is 965. The number of alkyl halides is 3. The largest absolute Gasteiger partial charge is 0.416 e. The maximum absolute atomic E-state index is 13.0. The van der Waals surface area contributed by atoms with Crippen molar-refractivity contribution in [3.63, 3.8) is 0 Å². The van der Waals surface area contributed by atoms with Gasteiger partial charge in [0.05, 0.1) is 17.5 Å². The SMILES string of the molecule is C[C@@H](C(=O)NCc1ccccc1Cl)N(c1cccc(C(F)(F)F)c1)S(C)(=O)=O. The van der Waals surface area contributed by atoms with Gasteiger partial charge < -0.3 is 5.32 Å². The fourth-order valence-corrected chi connectivity index (χ4v) is 3.97. The lowest BCUT2D eigenvalue weighted by Crippen LogP contribution is -2.47. The molecule has 0 aromatic heterocycles. The number of halogens is 4. The molecule has 0 aliphatic heterocycles. The second-order valence-corrected chi connectivity index (χ2v) is 8.36. The van der Waals surface area contributed by atoms with Crippen LogP contribution in [0.4, 0.5) is 18.9 Å². The standard InChI is InChI=1S/C18H18ClF3N2O3S/c1-12(17(25)23-11-13-6-3-4-9-16(13)19)24(28(2,26)27)15-8-5-7-14(10-15)18(20,21)22/h3-10,12H,11H2,1-2H3,(H,23,25)/t12-/m0/s1. The zero-order valence-corrected chi connectivity index (χ0v) is 16.6. The molecular weight excluding hydrogens is 417 g/mol. The van der Waals surface area contributed by atoms with Crippen molar-refractivity contribution in [3.05, 3.63) is 64.7 Å². The Hall–Kier alpha value is -2.26. The first kappa shape index (κ1) is 22.0. The molecule has 0 unspecified atom stereocenters. The second-order valence-electron chi connectivity index (χ2n) is 6.09. The van der Waals surface area contributed by atoms with Crippen molar-refractivity contribution in [1.82, 2.24) is 5.32 Å². The van der Waals surface area contributed by atoms with Crippen LogP contribution in [0.25, 0.3) is 0 Å². The van der Waals surface area contributed by atoms with E-state index in [1.165, 1.54) is 13.0 Å². The molecule has 0 spiro atoms. The summed E-state index contributed by atoms with van der Waals surface area (Å²) >= 11 is 6.01. The van der Waals surface area contributed by atoms with Crippen LogP contribution in [-0.4, -0.2) is 26.6 Å². The van der Waals surface area contributed by atoms with E-state index in [9.17, 15) is 26.4 Å². The predicted octanol–water partition coefficient (Wildman–Crippen LogP) is 3.83. The third-order valence-corrected chi connectivity index (χ3v) is 5.54. The summed E-state index contributed by atoms with van der Waals surface area (Å²) in [4.78, 5) is 12.5. The van der Waals surface area contributed by atoms with Gasteiger partial charge in [0.15, 0.2) is 0 Å². The minimum absolute atomic E-state index is 0.0447. The van der Waals surface area contributed by atoms with E-state index in [1.807, 2.05) is 0 Å². The lowest BCUT2D eigenvalue weighted by atomic mass is 10.1. The molecule has 5 nitrogen and oxygen atoms in total. The van der Waals surface area contributed by atoms with Crippen molar-refractivity contribution >= 4 is 33.2 Å². The monoisotopic (exact) mass is 434 g/mol. The quantitative estimate of drug-likeness (QED) is 0.751. The second kappa shape index (κ2) is 8.40. The van der Waals surface area contributed by atoms with Gasteiger partial charge in [-0.3, -0.25) is 9.10 Å². The number of carbonyl (C=O) groups is 1. The number of sulfonamides is 1. The van der Waals surface area contributed by atoms with Gasteiger partial charge in [-0.05, 0) is 36.8 Å². The molecule has 2 rings (SSSR count). The number of anilines is 1. The van der Waals surface area contributed by atoms with E-state index in [1.54, 1.807) is 24.3 Å². The van der Waals surface area contributed by atoms with Crippen LogP contribution in [0.2, 0.25) is 5.02 Å². The normalized spacial score (nSPS) is 13.1. The molecule has 152 valence electrons. The highest BCUT2D eigenvalue weighted by Gasteiger charge is 2.34. The van der Waals surface area contributed by atoms with Gasteiger partial charge in [0.2, 0.25) is 15.9 Å². The maximum Gasteiger partial charge on any atom is 0.416 e. The van der Waals surface area contributed by atoms with Gasteiger partial charge in [-0.1, -0.05) is 35.9 Å². The van der Waals surface area contributed by atoms with Crippen molar-refractivity contribution in [1.29, 1.82) is 0 Å². The average molecular weight is 435 g/mol. The van der Waals surface area contributed by atoms with E-state index in [0.29, 0.717) is 21.0 Å². The van der Waals surface area contributed by atoms with Crippen LogP contribution in [0.5, 0.6) is 0 Å². The average Bonchev–Trinajstić information content (AvgIpc) is 2.59. The van der Waals surface area contributed by atoms with Crippen molar-refractivity contribution < 1.29 is 26.4 Å². The molecule has 0 heterocycles. The number of nitrogens with zero attached hydrogens (tertiary/aromatic N) is 1. The summed E-state index contributed by atoms with van der Waals surface area (Å²) < 4.78 is 64.0. The van der Waals surface area contributed by atoms with Crippen LogP contribution < -0.4 is 9.62 Å². The highest BCUT2D eigenvalue weighted by molar-refractivity contribution is 7.92. The van der Waals surface area contributed by atoms with E-state index in [4.69, 9.17) is 11.6 Å². The van der Waals surface area contributed by atoms with Gasteiger partial charge in [-0.15, -0.1) is 0 Å². The molecule has 2 aromatic rings. The maximum atomic E-state index is 13.0. The van der Waals surface area contributed by atoms with Crippen LogP contribution in [0.3, 0.4) is 0 Å². The highest BCUT2D eigenvalue weighted by Crippen LogP contribution is 2.32. The van der Waals surface area contributed by atoms with Crippen LogP contribution in [0.15, 0.2) is 48.5 Å². The fourth-order valence-electron chi connectivity index (χ4n) is 2.60. The minimum Gasteiger partial charge on any atom is -0.350 e. The molecular formula is C18H18ClF3N2O3S. The van der Waals surface area contributed by atoms with Gasteiger partial charge in [0.1, 0.15) is 6.04 Å². The fraction of sp³-hybridized carbons (Fsp3) is 0.278. The third kappa shape index (κ3) is 5.39. The van der Waals surface area contributed by atoms with Crippen LogP contribution >= 0.6 is 11.6 Å². The van der Waals surface area contributed by atoms with E-state index in [0.717, 1.165) is 18.4 Å². The Balaban J connectivity index is 2.28. The molecule has 1 amide bonds. The zero-order valence-electron chi connectivity index (χ0n) is 15.0. The van der Waals surface area contributed by atoms with Crippen LogP contribution in [0.1, 0.15) is 18.1 Å². The lowest BCUT2D eigenvalue weighted by Gasteiger charge is -2.28. The molecule has 1 atom stereocenters. The molecule has 28 heavy (non-hydrogen) atoms. The molecule has 10 heteroatoms. The smallest absolute Gasteiger partial charge is 0.350 e. The molecule has 1 N–H and O–H groups in total. The molecule has 0 saturated carbocycles. The Kier molecular flexibility index (Phi) is 6.61. The van der Waals surface area contributed by atoms with Gasteiger partial charge in [0.25, 0.3) is 0 Å². The van der Waals surface area contributed by atoms with Crippen molar-refractivity contribution in [2.45, 2.75) is 25.7 Å². The van der Waals surface area contributed by atoms with Crippen LogP contribution in [-0.2, 0) is 27.5 Å². The summed E-state index contributed by atoms with van der Waals surface area (Å²) in [7, 11) is -4.04. The minimum atomic E-state index is -4.64. The number of hydrogen-bond donors (Lipinski definition) is 1. The molecule has 0 fully saturated rings. The van der Waals surface area contributed by atoms with Gasteiger partial charge >= 0.3 is 6.18 Å². The molecule has 0 aliphatic carbocycles. The van der Waals surface area contributed by atoms with Crippen molar-refractivity contribution in [3.8, 4) is 0 Å². The van der Waals surface area contributed by atoms with Gasteiger partial charge in [0, 0.05) is 11.6 Å². The number of hydrogen-bond acceptors (Lipinski definition) is 3. The Morgan fingerprint density at radius 3 is 2.39 bits per heavy atom. The van der Waals surface area contributed by atoms with Crippen LogP contribution in [0, 0.1) is 0 Å². The Morgan fingerprint density at radius 2 is 1.82 bits per heavy atom. The summed E-state index contributed by atoms with van der Waals surface area (Å²) in [6.07, 6.45) is -3.82. The molecule has 0 bridgehead atoms. The third-order valence-electron chi connectivity index (χ3n) is 3.93. The topological polar surface area (TPSA) is 66.5 Å². The van der Waals surface area contributed by atoms with E-state index < -0.39 is 33.7 Å². The first-order chi connectivity index (χ1) is 12.9. The van der Waals surface area contributed by atoms with E-state index >= 15 is 0 Å². The van der Waals surface area contributed by atoms with E-state index in [2.05, 4.69) is 5.32 Å². The first-order valence-electron chi connectivity index (χ1n) is 8.09. The number of nitrogens with one attached hydrogen (secondary N) is 1. The summed E-state index contributed by atoms with van der Waals surface area (Å²) in [5.41, 5.74) is -0.644.